The van der Waals surface area contributed by atoms with Crippen LogP contribution >= 0.6 is 0 Å². The lowest BCUT2D eigenvalue weighted by Gasteiger charge is -2.09. The molecule has 0 aliphatic heterocycles. The smallest absolute Gasteiger partial charge is 0.228 e. The zero-order valence-corrected chi connectivity index (χ0v) is 9.99. The van der Waals surface area contributed by atoms with Crippen LogP contribution in [0.5, 0.6) is 0 Å². The van der Waals surface area contributed by atoms with Crippen molar-refractivity contribution < 1.29 is 13.6 Å². The summed E-state index contributed by atoms with van der Waals surface area (Å²) in [5.41, 5.74) is 5.93. The second-order valence-electron chi connectivity index (χ2n) is 4.06. The Morgan fingerprint density at radius 3 is 2.47 bits per heavy atom. The maximum absolute atomic E-state index is 13.5. The van der Waals surface area contributed by atoms with E-state index in [1.54, 1.807) is 24.3 Å². The van der Waals surface area contributed by atoms with E-state index in [0.717, 1.165) is 11.6 Å². The van der Waals surface area contributed by atoms with Gasteiger partial charge in [0.15, 0.2) is 5.82 Å². The van der Waals surface area contributed by atoms with Gasteiger partial charge in [-0.2, -0.15) is 0 Å². The molecule has 19 heavy (non-hydrogen) atoms. The topological polar surface area (TPSA) is 55.1 Å². The van der Waals surface area contributed by atoms with Crippen molar-refractivity contribution in [2.75, 3.05) is 11.1 Å². The molecular weight excluding hydrogens is 250 g/mol. The standard InChI is InChI=1S/C14H12F2N2O/c15-10-7-11(16)14(12(17)8-10)18-13(19)6-9-4-2-1-3-5-9/h1-5,7-8H,6,17H2,(H,18,19). The number of amides is 1. The minimum atomic E-state index is -0.890. The fraction of sp³-hybridized carbons (Fsp3) is 0.0714. The van der Waals surface area contributed by atoms with Gasteiger partial charge in [-0.1, -0.05) is 30.3 Å². The second kappa shape index (κ2) is 5.48. The van der Waals surface area contributed by atoms with Gasteiger partial charge in [-0.25, -0.2) is 8.78 Å². The number of hydrogen-bond acceptors (Lipinski definition) is 2. The quantitative estimate of drug-likeness (QED) is 0.836. The van der Waals surface area contributed by atoms with Gasteiger partial charge in [-0.15, -0.1) is 0 Å². The van der Waals surface area contributed by atoms with E-state index in [4.69, 9.17) is 5.73 Å². The zero-order valence-electron chi connectivity index (χ0n) is 9.99. The zero-order chi connectivity index (χ0) is 13.8. The number of anilines is 2. The summed E-state index contributed by atoms with van der Waals surface area (Å²) in [7, 11) is 0. The van der Waals surface area contributed by atoms with Crippen molar-refractivity contribution in [2.24, 2.45) is 0 Å². The highest BCUT2D eigenvalue weighted by Crippen LogP contribution is 2.23. The van der Waals surface area contributed by atoms with Crippen LogP contribution in [0.4, 0.5) is 20.2 Å². The van der Waals surface area contributed by atoms with E-state index >= 15 is 0 Å². The van der Waals surface area contributed by atoms with E-state index in [1.165, 1.54) is 0 Å². The van der Waals surface area contributed by atoms with Gasteiger partial charge >= 0.3 is 0 Å². The molecule has 2 rings (SSSR count). The number of carbonyl (C=O) groups is 1. The van der Waals surface area contributed by atoms with E-state index in [9.17, 15) is 13.6 Å². The third-order valence-corrected chi connectivity index (χ3v) is 2.56. The van der Waals surface area contributed by atoms with Crippen molar-refractivity contribution in [1.82, 2.24) is 0 Å². The largest absolute Gasteiger partial charge is 0.397 e. The lowest BCUT2D eigenvalue weighted by atomic mass is 10.1. The molecule has 0 bridgehead atoms. The molecule has 0 aliphatic rings. The Kier molecular flexibility index (Phi) is 3.75. The van der Waals surface area contributed by atoms with E-state index in [1.807, 2.05) is 6.07 Å². The molecule has 98 valence electrons. The summed E-state index contributed by atoms with van der Waals surface area (Å²) < 4.78 is 26.3. The van der Waals surface area contributed by atoms with Gasteiger partial charge in [0.2, 0.25) is 5.91 Å². The molecule has 0 heterocycles. The summed E-state index contributed by atoms with van der Waals surface area (Å²) in [4.78, 5) is 11.7. The Hall–Kier alpha value is -2.43. The number of nitrogens with two attached hydrogens (primary N) is 1. The molecule has 2 aromatic carbocycles. The van der Waals surface area contributed by atoms with E-state index < -0.39 is 17.5 Å². The molecular formula is C14H12F2N2O. The fourth-order valence-electron chi connectivity index (χ4n) is 1.69. The summed E-state index contributed by atoms with van der Waals surface area (Å²) in [6.45, 7) is 0. The van der Waals surface area contributed by atoms with Gasteiger partial charge in [0.25, 0.3) is 0 Å². The molecule has 0 aromatic heterocycles. The van der Waals surface area contributed by atoms with Crippen LogP contribution < -0.4 is 11.1 Å². The number of benzene rings is 2. The summed E-state index contributed by atoms with van der Waals surface area (Å²) in [6.07, 6.45) is 0.0943. The monoisotopic (exact) mass is 262 g/mol. The molecule has 0 fully saturated rings. The third-order valence-electron chi connectivity index (χ3n) is 2.56. The lowest BCUT2D eigenvalue weighted by molar-refractivity contribution is -0.115. The number of carbonyl (C=O) groups excluding carboxylic acids is 1. The van der Waals surface area contributed by atoms with Crippen LogP contribution in [0.15, 0.2) is 42.5 Å². The predicted octanol–water partition coefficient (Wildman–Crippen LogP) is 2.73. The van der Waals surface area contributed by atoms with Crippen LogP contribution in [0.2, 0.25) is 0 Å². The highest BCUT2D eigenvalue weighted by atomic mass is 19.1. The maximum Gasteiger partial charge on any atom is 0.228 e. The lowest BCUT2D eigenvalue weighted by Crippen LogP contribution is -2.16. The molecule has 3 N–H and O–H groups in total. The van der Waals surface area contributed by atoms with Crippen molar-refractivity contribution >= 4 is 17.3 Å². The molecule has 1 amide bonds. The highest BCUT2D eigenvalue weighted by molar-refractivity contribution is 5.95. The van der Waals surface area contributed by atoms with Gasteiger partial charge in [0.05, 0.1) is 12.1 Å². The van der Waals surface area contributed by atoms with Crippen LogP contribution in [-0.4, -0.2) is 5.91 Å². The number of halogens is 2. The van der Waals surface area contributed by atoms with Crippen molar-refractivity contribution in [2.45, 2.75) is 6.42 Å². The summed E-state index contributed by atoms with van der Waals surface area (Å²) >= 11 is 0. The number of nitrogens with one attached hydrogen (secondary N) is 1. The number of nitrogen functional groups attached to an aromatic ring is 1. The van der Waals surface area contributed by atoms with E-state index in [-0.39, 0.29) is 17.8 Å². The van der Waals surface area contributed by atoms with Crippen molar-refractivity contribution in [3.63, 3.8) is 0 Å². The van der Waals surface area contributed by atoms with Gasteiger partial charge in [0.1, 0.15) is 11.5 Å². The molecule has 0 atom stereocenters. The average Bonchev–Trinajstić information content (AvgIpc) is 2.35. The maximum atomic E-state index is 13.5. The molecule has 0 unspecified atom stereocenters. The van der Waals surface area contributed by atoms with Gasteiger partial charge in [-0.3, -0.25) is 4.79 Å². The normalized spacial score (nSPS) is 10.2. The number of hydrogen-bond donors (Lipinski definition) is 2. The first-order valence-corrected chi connectivity index (χ1v) is 5.64. The molecule has 0 aliphatic carbocycles. The highest BCUT2D eigenvalue weighted by Gasteiger charge is 2.12. The first-order valence-electron chi connectivity index (χ1n) is 5.64. The van der Waals surface area contributed by atoms with Crippen LogP contribution in [0.25, 0.3) is 0 Å². The van der Waals surface area contributed by atoms with Crippen molar-refractivity contribution in [1.29, 1.82) is 0 Å². The summed E-state index contributed by atoms with van der Waals surface area (Å²) in [5, 5.41) is 2.35. The van der Waals surface area contributed by atoms with Crippen molar-refractivity contribution in [3.8, 4) is 0 Å². The molecule has 0 saturated carbocycles. The van der Waals surface area contributed by atoms with Gasteiger partial charge in [0, 0.05) is 6.07 Å². The Balaban J connectivity index is 2.12. The SMILES string of the molecule is Nc1cc(F)cc(F)c1NC(=O)Cc1ccccc1. The minimum Gasteiger partial charge on any atom is -0.397 e. The molecule has 5 heteroatoms. The van der Waals surface area contributed by atoms with Gasteiger partial charge in [-0.05, 0) is 11.6 Å². The minimum absolute atomic E-state index is 0.0943. The van der Waals surface area contributed by atoms with Crippen LogP contribution in [-0.2, 0) is 11.2 Å². The van der Waals surface area contributed by atoms with E-state index in [0.29, 0.717) is 6.07 Å². The van der Waals surface area contributed by atoms with Crippen molar-refractivity contribution in [3.05, 3.63) is 59.7 Å². The Labute approximate surface area is 109 Å². The predicted molar refractivity (Wildman–Crippen MR) is 69.5 cm³/mol. The first kappa shape index (κ1) is 13.0. The van der Waals surface area contributed by atoms with Gasteiger partial charge < -0.3 is 11.1 Å². The van der Waals surface area contributed by atoms with Crippen LogP contribution in [0.3, 0.4) is 0 Å². The fourth-order valence-corrected chi connectivity index (χ4v) is 1.69. The molecule has 0 saturated heterocycles. The Bertz CT molecular complexity index is 577. The third kappa shape index (κ3) is 3.28. The Morgan fingerprint density at radius 1 is 1.16 bits per heavy atom. The molecule has 2 aromatic rings. The second-order valence-corrected chi connectivity index (χ2v) is 4.06. The molecule has 0 spiro atoms. The molecule has 0 radical (unpaired) electrons. The van der Waals surface area contributed by atoms with E-state index in [2.05, 4.69) is 5.32 Å². The first-order chi connectivity index (χ1) is 9.06. The number of rotatable bonds is 3. The molecule has 3 nitrogen and oxygen atoms in total. The Morgan fingerprint density at radius 2 is 1.84 bits per heavy atom. The summed E-state index contributed by atoms with van der Waals surface area (Å²) in [5.74, 6) is -2.08. The summed E-state index contributed by atoms with van der Waals surface area (Å²) in [6, 6.07) is 10.6. The average molecular weight is 262 g/mol. The van der Waals surface area contributed by atoms with Crippen LogP contribution in [0.1, 0.15) is 5.56 Å². The van der Waals surface area contributed by atoms with Crippen LogP contribution in [0, 0.1) is 11.6 Å².